The molecule has 24 heavy (non-hydrogen) atoms. The maximum Gasteiger partial charge on any atom is 0.344 e. The number of aryl methyl sites for hydroxylation is 3. The largest absolute Gasteiger partial charge is 0.454 e. The first-order valence-electron chi connectivity index (χ1n) is 7.62. The van der Waals surface area contributed by atoms with Gasteiger partial charge in [0.05, 0.1) is 16.6 Å². The summed E-state index contributed by atoms with van der Waals surface area (Å²) in [5.41, 5.74) is 2.10. The molecule has 1 N–H and O–H groups in total. The first-order chi connectivity index (χ1) is 11.5. The Kier molecular flexibility index (Phi) is 4.16. The number of esters is 1. The van der Waals surface area contributed by atoms with Crippen molar-refractivity contribution in [2.24, 2.45) is 0 Å². The minimum absolute atomic E-state index is 0.133. The Hall–Kier alpha value is -2.96. The van der Waals surface area contributed by atoms with Crippen LogP contribution < -0.4 is 5.56 Å². The Morgan fingerprint density at radius 3 is 2.88 bits per heavy atom. The van der Waals surface area contributed by atoms with Gasteiger partial charge in [-0.05, 0) is 31.9 Å². The van der Waals surface area contributed by atoms with Crippen LogP contribution in [0.25, 0.3) is 10.9 Å². The smallest absolute Gasteiger partial charge is 0.344 e. The fraction of sp³-hybridized carbons (Fsp3) is 0.294. The monoisotopic (exact) mass is 327 g/mol. The fourth-order valence-corrected chi connectivity index (χ4v) is 2.55. The molecule has 0 radical (unpaired) electrons. The standard InChI is InChI=1S/C17H17N3O4/c1-4-12-14(10(3)24-20-12)17(22)23-8-13-18-15-9(2)6-5-7-11(15)16(21)19-13/h5-7H,4,8H2,1-3H3,(H,18,19,21). The molecule has 0 saturated carbocycles. The fourth-order valence-electron chi connectivity index (χ4n) is 2.55. The molecular weight excluding hydrogens is 310 g/mol. The second kappa shape index (κ2) is 6.27. The zero-order valence-electron chi connectivity index (χ0n) is 13.7. The quantitative estimate of drug-likeness (QED) is 0.739. The molecule has 7 heteroatoms. The van der Waals surface area contributed by atoms with Gasteiger partial charge in [-0.3, -0.25) is 4.79 Å². The Morgan fingerprint density at radius 1 is 1.33 bits per heavy atom. The average molecular weight is 327 g/mol. The molecular formula is C17H17N3O4. The Labute approximate surface area is 137 Å². The highest BCUT2D eigenvalue weighted by Crippen LogP contribution is 2.16. The number of para-hydroxylation sites is 1. The predicted molar refractivity (Wildman–Crippen MR) is 86.8 cm³/mol. The van der Waals surface area contributed by atoms with Gasteiger partial charge in [0.15, 0.2) is 0 Å². The molecule has 0 amide bonds. The summed E-state index contributed by atoms with van der Waals surface area (Å²) >= 11 is 0. The lowest BCUT2D eigenvalue weighted by Crippen LogP contribution is -2.15. The minimum Gasteiger partial charge on any atom is -0.454 e. The third-order valence-electron chi connectivity index (χ3n) is 3.80. The van der Waals surface area contributed by atoms with Gasteiger partial charge in [0.2, 0.25) is 0 Å². The number of rotatable bonds is 4. The SMILES string of the molecule is CCc1noc(C)c1C(=O)OCc1nc2c(C)cccc2c(=O)[nH]1. The summed E-state index contributed by atoms with van der Waals surface area (Å²) in [6.45, 7) is 5.27. The Bertz CT molecular complexity index is 972. The van der Waals surface area contributed by atoms with Crippen LogP contribution >= 0.6 is 0 Å². The van der Waals surface area contributed by atoms with Crippen LogP contribution in [-0.4, -0.2) is 21.1 Å². The van der Waals surface area contributed by atoms with Gasteiger partial charge < -0.3 is 14.2 Å². The summed E-state index contributed by atoms with van der Waals surface area (Å²) in [4.78, 5) is 31.4. The molecule has 0 saturated heterocycles. The van der Waals surface area contributed by atoms with Crippen molar-refractivity contribution in [3.63, 3.8) is 0 Å². The summed E-state index contributed by atoms with van der Waals surface area (Å²) in [7, 11) is 0. The van der Waals surface area contributed by atoms with Crippen LogP contribution in [0.3, 0.4) is 0 Å². The van der Waals surface area contributed by atoms with Crippen molar-refractivity contribution in [3.8, 4) is 0 Å². The van der Waals surface area contributed by atoms with E-state index in [1.165, 1.54) is 0 Å². The molecule has 0 spiro atoms. The highest BCUT2D eigenvalue weighted by atomic mass is 16.5. The number of benzene rings is 1. The number of carbonyl (C=O) groups is 1. The molecule has 0 bridgehead atoms. The Balaban J connectivity index is 1.86. The van der Waals surface area contributed by atoms with Gasteiger partial charge in [0.1, 0.15) is 23.8 Å². The third kappa shape index (κ3) is 2.80. The van der Waals surface area contributed by atoms with Gasteiger partial charge in [-0.1, -0.05) is 24.2 Å². The number of H-pyrrole nitrogens is 1. The van der Waals surface area contributed by atoms with E-state index in [1.807, 2.05) is 19.9 Å². The number of aromatic nitrogens is 3. The molecule has 0 unspecified atom stereocenters. The van der Waals surface area contributed by atoms with Crippen molar-refractivity contribution < 1.29 is 14.1 Å². The van der Waals surface area contributed by atoms with Crippen LogP contribution in [0.2, 0.25) is 0 Å². The maximum absolute atomic E-state index is 12.3. The molecule has 7 nitrogen and oxygen atoms in total. The van der Waals surface area contributed by atoms with Crippen molar-refractivity contribution in [1.82, 2.24) is 15.1 Å². The molecule has 0 aliphatic rings. The Morgan fingerprint density at radius 2 is 2.12 bits per heavy atom. The molecule has 0 aliphatic carbocycles. The van der Waals surface area contributed by atoms with Crippen LogP contribution in [0.5, 0.6) is 0 Å². The summed E-state index contributed by atoms with van der Waals surface area (Å²) < 4.78 is 10.3. The summed E-state index contributed by atoms with van der Waals surface area (Å²) in [5, 5.41) is 4.34. The summed E-state index contributed by atoms with van der Waals surface area (Å²) in [6.07, 6.45) is 0.562. The summed E-state index contributed by atoms with van der Waals surface area (Å²) in [5.74, 6) is 0.160. The molecule has 1 aromatic carbocycles. The molecule has 2 aromatic heterocycles. The molecule has 3 aromatic rings. The maximum atomic E-state index is 12.3. The van der Waals surface area contributed by atoms with E-state index in [-0.39, 0.29) is 12.2 Å². The zero-order chi connectivity index (χ0) is 17.3. The number of nitrogens with zero attached hydrogens (tertiary/aromatic N) is 2. The van der Waals surface area contributed by atoms with Gasteiger partial charge in [-0.25, -0.2) is 9.78 Å². The van der Waals surface area contributed by atoms with Crippen LogP contribution in [0.1, 0.15) is 40.1 Å². The molecule has 0 fully saturated rings. The van der Waals surface area contributed by atoms with E-state index in [1.54, 1.807) is 19.1 Å². The number of nitrogens with one attached hydrogen (secondary N) is 1. The van der Waals surface area contributed by atoms with Crippen LogP contribution in [0.15, 0.2) is 27.5 Å². The van der Waals surface area contributed by atoms with Gasteiger partial charge in [-0.15, -0.1) is 0 Å². The second-order valence-electron chi connectivity index (χ2n) is 5.47. The molecule has 0 atom stereocenters. The van der Waals surface area contributed by atoms with Crippen molar-refractivity contribution >= 4 is 16.9 Å². The molecule has 0 aliphatic heterocycles. The van der Waals surface area contributed by atoms with Crippen LogP contribution in [0, 0.1) is 13.8 Å². The van der Waals surface area contributed by atoms with Gasteiger partial charge in [0.25, 0.3) is 5.56 Å². The van der Waals surface area contributed by atoms with Crippen molar-refractivity contribution in [2.45, 2.75) is 33.8 Å². The van der Waals surface area contributed by atoms with Crippen LogP contribution in [-0.2, 0) is 17.8 Å². The topological polar surface area (TPSA) is 98.1 Å². The average Bonchev–Trinajstić information content (AvgIpc) is 2.94. The first-order valence-corrected chi connectivity index (χ1v) is 7.62. The van der Waals surface area contributed by atoms with Crippen molar-refractivity contribution in [1.29, 1.82) is 0 Å². The van der Waals surface area contributed by atoms with E-state index in [0.29, 0.717) is 40.2 Å². The zero-order valence-corrected chi connectivity index (χ0v) is 13.7. The highest BCUT2D eigenvalue weighted by molar-refractivity contribution is 5.91. The lowest BCUT2D eigenvalue weighted by atomic mass is 10.1. The second-order valence-corrected chi connectivity index (χ2v) is 5.47. The number of ether oxygens (including phenoxy) is 1. The van der Waals surface area contributed by atoms with Crippen molar-refractivity contribution in [2.75, 3.05) is 0 Å². The predicted octanol–water partition coefficient (Wildman–Crippen LogP) is 2.45. The molecule has 2 heterocycles. The van der Waals surface area contributed by atoms with Crippen molar-refractivity contribution in [3.05, 3.63) is 57.0 Å². The van der Waals surface area contributed by atoms with E-state index < -0.39 is 5.97 Å². The van der Waals surface area contributed by atoms with E-state index in [2.05, 4.69) is 15.1 Å². The van der Waals surface area contributed by atoms with E-state index in [4.69, 9.17) is 9.26 Å². The molecule has 3 rings (SSSR count). The lowest BCUT2D eigenvalue weighted by molar-refractivity contribution is 0.0459. The summed E-state index contributed by atoms with van der Waals surface area (Å²) in [6, 6.07) is 5.38. The number of hydrogen-bond acceptors (Lipinski definition) is 6. The van der Waals surface area contributed by atoms with Crippen LogP contribution in [0.4, 0.5) is 0 Å². The minimum atomic E-state index is -0.543. The first kappa shape index (κ1) is 15.9. The van der Waals surface area contributed by atoms with E-state index in [0.717, 1.165) is 5.56 Å². The lowest BCUT2D eigenvalue weighted by Gasteiger charge is -2.06. The van der Waals surface area contributed by atoms with Gasteiger partial charge in [0, 0.05) is 0 Å². The number of aromatic amines is 1. The van der Waals surface area contributed by atoms with Gasteiger partial charge >= 0.3 is 5.97 Å². The normalized spacial score (nSPS) is 11.0. The van der Waals surface area contributed by atoms with E-state index in [9.17, 15) is 9.59 Å². The highest BCUT2D eigenvalue weighted by Gasteiger charge is 2.21. The van der Waals surface area contributed by atoms with Gasteiger partial charge in [-0.2, -0.15) is 0 Å². The number of carbonyl (C=O) groups excluding carboxylic acids is 1. The number of hydrogen-bond donors (Lipinski definition) is 1. The third-order valence-corrected chi connectivity index (χ3v) is 3.80. The molecule has 124 valence electrons. The number of fused-ring (bicyclic) bond motifs is 1. The van der Waals surface area contributed by atoms with E-state index >= 15 is 0 Å².